The zero-order chi connectivity index (χ0) is 15.1. The van der Waals surface area contributed by atoms with E-state index in [-0.39, 0.29) is 17.7 Å². The van der Waals surface area contributed by atoms with E-state index in [1.54, 1.807) is 0 Å². The Morgan fingerprint density at radius 3 is 2.19 bits per heavy atom. The molecule has 4 nitrogen and oxygen atoms in total. The Balaban J connectivity index is 1.82. The van der Waals surface area contributed by atoms with Gasteiger partial charge in [0.25, 0.3) is 0 Å². The van der Waals surface area contributed by atoms with Crippen LogP contribution in [0.2, 0.25) is 0 Å². The Labute approximate surface area is 123 Å². The standard InChI is InChI=1S/C17H19NO3/c1-9-5-10(2)7-13(6-9)18-16(19)14-11-3-4-12(8-11)15(14)17(20)21/h3-7,11-12,14-15H,8H2,1-2H3,(H,18,19)(H,20,21)/t11-,12-,14-,15-/m0/s1. The molecule has 1 saturated carbocycles. The molecule has 2 aliphatic carbocycles. The third-order valence-corrected chi connectivity index (χ3v) is 4.54. The molecule has 4 atom stereocenters. The molecule has 21 heavy (non-hydrogen) atoms. The van der Waals surface area contributed by atoms with Gasteiger partial charge in [-0.1, -0.05) is 18.2 Å². The average molecular weight is 285 g/mol. The Kier molecular flexibility index (Phi) is 3.32. The summed E-state index contributed by atoms with van der Waals surface area (Å²) in [4.78, 5) is 24.0. The first-order valence-electron chi connectivity index (χ1n) is 7.26. The molecule has 0 heterocycles. The van der Waals surface area contributed by atoms with Crippen molar-refractivity contribution in [2.45, 2.75) is 20.3 Å². The van der Waals surface area contributed by atoms with Crippen molar-refractivity contribution < 1.29 is 14.7 Å². The SMILES string of the molecule is Cc1cc(C)cc(NC(=O)[C@@H]2[C@@H](C(=O)O)[C@H]3C=C[C@H]2C3)c1. The number of carboxylic acid groups (broad SMARTS) is 1. The quantitative estimate of drug-likeness (QED) is 0.839. The van der Waals surface area contributed by atoms with Crippen LogP contribution in [0.3, 0.4) is 0 Å². The lowest BCUT2D eigenvalue weighted by Gasteiger charge is -2.24. The number of anilines is 1. The predicted octanol–water partition coefficient (Wildman–Crippen LogP) is 2.76. The van der Waals surface area contributed by atoms with Crippen molar-refractivity contribution >= 4 is 17.6 Å². The maximum Gasteiger partial charge on any atom is 0.307 e. The summed E-state index contributed by atoms with van der Waals surface area (Å²) in [6.07, 6.45) is 4.72. The number of hydrogen-bond acceptors (Lipinski definition) is 2. The molecule has 3 rings (SSSR count). The van der Waals surface area contributed by atoms with E-state index in [2.05, 4.69) is 5.32 Å². The fraction of sp³-hybridized carbons (Fsp3) is 0.412. The maximum atomic E-state index is 12.5. The van der Waals surface area contributed by atoms with Crippen molar-refractivity contribution in [3.63, 3.8) is 0 Å². The number of fused-ring (bicyclic) bond motifs is 2. The minimum Gasteiger partial charge on any atom is -0.481 e. The number of allylic oxidation sites excluding steroid dienone is 2. The van der Waals surface area contributed by atoms with Crippen molar-refractivity contribution in [3.05, 3.63) is 41.5 Å². The molecule has 110 valence electrons. The number of aliphatic carboxylic acids is 1. The second kappa shape index (κ2) is 5.02. The number of hydrogen-bond donors (Lipinski definition) is 2. The van der Waals surface area contributed by atoms with Gasteiger partial charge < -0.3 is 10.4 Å². The number of benzene rings is 1. The van der Waals surface area contributed by atoms with E-state index in [4.69, 9.17) is 0 Å². The lowest BCUT2D eigenvalue weighted by atomic mass is 9.82. The van der Waals surface area contributed by atoms with Crippen LogP contribution >= 0.6 is 0 Å². The molecule has 0 aromatic heterocycles. The third kappa shape index (κ3) is 2.46. The second-order valence-electron chi connectivity index (χ2n) is 6.20. The van der Waals surface area contributed by atoms with Crippen LogP contribution in [0.1, 0.15) is 17.5 Å². The van der Waals surface area contributed by atoms with Gasteiger partial charge in [-0.05, 0) is 55.4 Å². The summed E-state index contributed by atoms with van der Waals surface area (Å²) in [5, 5.41) is 12.3. The summed E-state index contributed by atoms with van der Waals surface area (Å²) in [6, 6.07) is 5.85. The molecule has 2 aliphatic rings. The molecule has 0 unspecified atom stereocenters. The van der Waals surface area contributed by atoms with Gasteiger partial charge in [-0.3, -0.25) is 9.59 Å². The van der Waals surface area contributed by atoms with Gasteiger partial charge in [0.1, 0.15) is 0 Å². The summed E-state index contributed by atoms with van der Waals surface area (Å²) in [7, 11) is 0. The van der Waals surface area contributed by atoms with Crippen molar-refractivity contribution in [1.29, 1.82) is 0 Å². The average Bonchev–Trinajstić information content (AvgIpc) is 2.96. The Hall–Kier alpha value is -2.10. The highest BCUT2D eigenvalue weighted by molar-refractivity contribution is 5.96. The Morgan fingerprint density at radius 1 is 1.05 bits per heavy atom. The van der Waals surface area contributed by atoms with E-state index in [0.717, 1.165) is 23.2 Å². The van der Waals surface area contributed by atoms with Crippen molar-refractivity contribution in [3.8, 4) is 0 Å². The van der Waals surface area contributed by atoms with Gasteiger partial charge in [0, 0.05) is 5.69 Å². The number of carbonyl (C=O) groups excluding carboxylic acids is 1. The first-order valence-corrected chi connectivity index (χ1v) is 7.26. The lowest BCUT2D eigenvalue weighted by molar-refractivity contribution is -0.146. The van der Waals surface area contributed by atoms with Crippen LogP contribution < -0.4 is 5.32 Å². The van der Waals surface area contributed by atoms with Gasteiger partial charge >= 0.3 is 5.97 Å². The van der Waals surface area contributed by atoms with Gasteiger partial charge in [0.15, 0.2) is 0 Å². The van der Waals surface area contributed by atoms with E-state index in [0.29, 0.717) is 0 Å². The molecule has 1 aromatic rings. The van der Waals surface area contributed by atoms with Crippen LogP contribution in [0.4, 0.5) is 5.69 Å². The zero-order valence-electron chi connectivity index (χ0n) is 12.2. The van der Waals surface area contributed by atoms with Gasteiger partial charge in [0.2, 0.25) is 5.91 Å². The van der Waals surface area contributed by atoms with Crippen LogP contribution in [0.5, 0.6) is 0 Å². The van der Waals surface area contributed by atoms with Gasteiger partial charge in [-0.15, -0.1) is 0 Å². The van der Waals surface area contributed by atoms with Crippen molar-refractivity contribution in [2.75, 3.05) is 5.32 Å². The number of carbonyl (C=O) groups is 2. The highest BCUT2D eigenvalue weighted by atomic mass is 16.4. The van der Waals surface area contributed by atoms with E-state index < -0.39 is 17.8 Å². The fourth-order valence-corrected chi connectivity index (χ4v) is 3.79. The third-order valence-electron chi connectivity index (χ3n) is 4.54. The zero-order valence-corrected chi connectivity index (χ0v) is 12.2. The monoisotopic (exact) mass is 285 g/mol. The molecule has 1 fully saturated rings. The first-order chi connectivity index (χ1) is 9.95. The fourth-order valence-electron chi connectivity index (χ4n) is 3.79. The number of nitrogens with one attached hydrogen (secondary N) is 1. The van der Waals surface area contributed by atoms with Crippen molar-refractivity contribution in [1.82, 2.24) is 0 Å². The topological polar surface area (TPSA) is 66.4 Å². The Bertz CT molecular complexity index is 615. The summed E-state index contributed by atoms with van der Waals surface area (Å²) in [5.74, 6) is -2.04. The largest absolute Gasteiger partial charge is 0.481 e. The Morgan fingerprint density at radius 2 is 1.62 bits per heavy atom. The van der Waals surface area contributed by atoms with E-state index in [1.165, 1.54) is 0 Å². The normalized spacial score (nSPS) is 29.6. The number of aryl methyl sites for hydroxylation is 2. The van der Waals surface area contributed by atoms with E-state index in [9.17, 15) is 14.7 Å². The number of rotatable bonds is 3. The van der Waals surface area contributed by atoms with Gasteiger partial charge in [-0.25, -0.2) is 0 Å². The van der Waals surface area contributed by atoms with Crippen LogP contribution in [-0.4, -0.2) is 17.0 Å². The summed E-state index contributed by atoms with van der Waals surface area (Å²) in [6.45, 7) is 3.95. The molecular formula is C17H19NO3. The molecule has 4 heteroatoms. The summed E-state index contributed by atoms with van der Waals surface area (Å²) >= 11 is 0. The molecule has 0 spiro atoms. The number of amides is 1. The van der Waals surface area contributed by atoms with Gasteiger partial charge in [0.05, 0.1) is 11.8 Å². The molecular weight excluding hydrogens is 266 g/mol. The molecule has 2 bridgehead atoms. The van der Waals surface area contributed by atoms with Crippen LogP contribution in [0, 0.1) is 37.5 Å². The predicted molar refractivity (Wildman–Crippen MR) is 79.9 cm³/mol. The molecule has 2 N–H and O–H groups in total. The molecule has 1 amide bonds. The van der Waals surface area contributed by atoms with E-state index >= 15 is 0 Å². The highest BCUT2D eigenvalue weighted by Gasteiger charge is 2.51. The lowest BCUT2D eigenvalue weighted by Crippen LogP contribution is -2.36. The van der Waals surface area contributed by atoms with Gasteiger partial charge in [-0.2, -0.15) is 0 Å². The van der Waals surface area contributed by atoms with Crippen molar-refractivity contribution in [2.24, 2.45) is 23.7 Å². The van der Waals surface area contributed by atoms with Crippen LogP contribution in [-0.2, 0) is 9.59 Å². The summed E-state index contributed by atoms with van der Waals surface area (Å²) < 4.78 is 0. The smallest absolute Gasteiger partial charge is 0.307 e. The minimum atomic E-state index is -0.868. The minimum absolute atomic E-state index is 0.00231. The molecule has 0 radical (unpaired) electrons. The number of carboxylic acids is 1. The van der Waals surface area contributed by atoms with Crippen LogP contribution in [0.25, 0.3) is 0 Å². The molecule has 0 saturated heterocycles. The first kappa shape index (κ1) is 13.9. The molecule has 0 aliphatic heterocycles. The highest BCUT2D eigenvalue weighted by Crippen LogP contribution is 2.48. The molecule has 1 aromatic carbocycles. The maximum absolute atomic E-state index is 12.5. The second-order valence-corrected chi connectivity index (χ2v) is 6.20. The van der Waals surface area contributed by atoms with Crippen LogP contribution in [0.15, 0.2) is 30.4 Å². The van der Waals surface area contributed by atoms with E-state index in [1.807, 2.05) is 44.2 Å². The summed E-state index contributed by atoms with van der Waals surface area (Å²) in [5.41, 5.74) is 2.90.